The molecule has 2 atom stereocenters. The van der Waals surface area contributed by atoms with Gasteiger partial charge in [0.05, 0.1) is 0 Å². The van der Waals surface area contributed by atoms with Gasteiger partial charge in [-0.1, -0.05) is 32.1 Å². The van der Waals surface area contributed by atoms with E-state index in [1.165, 1.54) is 57.8 Å². The summed E-state index contributed by atoms with van der Waals surface area (Å²) < 4.78 is 0. The van der Waals surface area contributed by atoms with Gasteiger partial charge in [0, 0.05) is 32.1 Å². The molecule has 2 saturated carbocycles. The zero-order valence-electron chi connectivity index (χ0n) is 15.6. The molecular formula is C20H35N3O2. The lowest BCUT2D eigenvalue weighted by Gasteiger charge is -2.44. The van der Waals surface area contributed by atoms with Crippen LogP contribution >= 0.6 is 0 Å². The van der Waals surface area contributed by atoms with E-state index in [0.717, 1.165) is 25.9 Å². The summed E-state index contributed by atoms with van der Waals surface area (Å²) in [6.07, 6.45) is 14.2. The highest BCUT2D eigenvalue weighted by Gasteiger charge is 2.35. The second kappa shape index (κ2) is 9.44. The maximum Gasteiger partial charge on any atom is 0.317 e. The largest absolute Gasteiger partial charge is 0.356 e. The summed E-state index contributed by atoms with van der Waals surface area (Å²) in [5, 5.41) is 6.03. The van der Waals surface area contributed by atoms with Crippen molar-refractivity contribution in [1.29, 1.82) is 0 Å². The van der Waals surface area contributed by atoms with Crippen LogP contribution in [-0.2, 0) is 4.79 Å². The van der Waals surface area contributed by atoms with Crippen LogP contribution < -0.4 is 10.6 Å². The summed E-state index contributed by atoms with van der Waals surface area (Å²) in [5.41, 5.74) is 0. The summed E-state index contributed by atoms with van der Waals surface area (Å²) in [6.45, 7) is 2.13. The first-order chi connectivity index (χ1) is 12.2. The third-order valence-corrected chi connectivity index (χ3v) is 6.45. The molecule has 2 aliphatic carbocycles. The van der Waals surface area contributed by atoms with Crippen LogP contribution in [0.15, 0.2) is 0 Å². The van der Waals surface area contributed by atoms with E-state index in [2.05, 4.69) is 10.6 Å². The minimum absolute atomic E-state index is 0.0386. The van der Waals surface area contributed by atoms with Gasteiger partial charge in [0.25, 0.3) is 0 Å². The Balaban J connectivity index is 1.33. The molecule has 0 aromatic heterocycles. The predicted molar refractivity (Wildman–Crippen MR) is 99.3 cm³/mol. The van der Waals surface area contributed by atoms with Crippen molar-refractivity contribution in [1.82, 2.24) is 15.5 Å². The minimum Gasteiger partial charge on any atom is -0.356 e. The fraction of sp³-hybridized carbons (Fsp3) is 0.900. The first-order valence-electron chi connectivity index (χ1n) is 10.5. The molecule has 0 bridgehead atoms. The molecule has 25 heavy (non-hydrogen) atoms. The van der Waals surface area contributed by atoms with Gasteiger partial charge in [0.2, 0.25) is 5.91 Å². The highest BCUT2D eigenvalue weighted by atomic mass is 16.2. The van der Waals surface area contributed by atoms with E-state index in [9.17, 15) is 9.59 Å². The zero-order valence-corrected chi connectivity index (χ0v) is 15.6. The summed E-state index contributed by atoms with van der Waals surface area (Å²) in [7, 11) is 0. The molecule has 2 N–H and O–H groups in total. The average molecular weight is 350 g/mol. The maximum atomic E-state index is 12.5. The molecular weight excluding hydrogens is 314 g/mol. The molecule has 5 nitrogen and oxygen atoms in total. The van der Waals surface area contributed by atoms with E-state index in [1.54, 1.807) is 0 Å². The van der Waals surface area contributed by atoms with Crippen LogP contribution in [0.4, 0.5) is 4.79 Å². The standard InChI is InChI=1S/C20H35N3O2/c24-19(22-15-16-7-2-1-3-8-16)12-13-21-20(25)23-14-6-10-17-9-4-5-11-18(17)23/h16-18H,1-15H2,(H,21,25)(H,22,24). The van der Waals surface area contributed by atoms with Crippen molar-refractivity contribution < 1.29 is 9.59 Å². The molecule has 0 spiro atoms. The van der Waals surface area contributed by atoms with Gasteiger partial charge in [-0.05, 0) is 50.4 Å². The monoisotopic (exact) mass is 349 g/mol. The first kappa shape index (κ1) is 18.5. The van der Waals surface area contributed by atoms with Crippen LogP contribution in [0.25, 0.3) is 0 Å². The maximum absolute atomic E-state index is 12.5. The molecule has 0 radical (unpaired) electrons. The van der Waals surface area contributed by atoms with Crippen molar-refractivity contribution in [2.45, 2.75) is 83.1 Å². The Bertz CT molecular complexity index is 446. The molecule has 5 heteroatoms. The normalized spacial score (nSPS) is 27.4. The topological polar surface area (TPSA) is 61.4 Å². The fourth-order valence-electron chi connectivity index (χ4n) is 5.00. The van der Waals surface area contributed by atoms with Gasteiger partial charge in [-0.15, -0.1) is 0 Å². The van der Waals surface area contributed by atoms with Gasteiger partial charge >= 0.3 is 6.03 Å². The molecule has 0 aromatic rings. The molecule has 0 aromatic carbocycles. The van der Waals surface area contributed by atoms with Crippen LogP contribution in [0.2, 0.25) is 0 Å². The Kier molecular flexibility index (Phi) is 7.00. The summed E-state index contributed by atoms with van der Waals surface area (Å²) in [5.74, 6) is 1.43. The molecule has 3 fully saturated rings. The quantitative estimate of drug-likeness (QED) is 0.799. The third-order valence-electron chi connectivity index (χ3n) is 6.45. The smallest absolute Gasteiger partial charge is 0.317 e. The molecule has 3 aliphatic rings. The van der Waals surface area contributed by atoms with Crippen molar-refractivity contribution in [3.63, 3.8) is 0 Å². The van der Waals surface area contributed by atoms with Crippen molar-refractivity contribution in [3.05, 3.63) is 0 Å². The van der Waals surface area contributed by atoms with E-state index in [1.807, 2.05) is 4.90 Å². The number of likely N-dealkylation sites (tertiary alicyclic amines) is 1. The molecule has 1 heterocycles. The van der Waals surface area contributed by atoms with Gasteiger partial charge in [-0.2, -0.15) is 0 Å². The lowest BCUT2D eigenvalue weighted by Crippen LogP contribution is -2.53. The number of nitrogens with one attached hydrogen (secondary N) is 2. The Morgan fingerprint density at radius 2 is 1.56 bits per heavy atom. The third kappa shape index (κ3) is 5.35. The number of fused-ring (bicyclic) bond motifs is 1. The van der Waals surface area contributed by atoms with E-state index in [-0.39, 0.29) is 11.9 Å². The van der Waals surface area contributed by atoms with Crippen molar-refractivity contribution in [2.24, 2.45) is 11.8 Å². The molecule has 1 saturated heterocycles. The number of carbonyl (C=O) groups excluding carboxylic acids is 2. The number of hydrogen-bond donors (Lipinski definition) is 2. The molecule has 1 aliphatic heterocycles. The van der Waals surface area contributed by atoms with Crippen LogP contribution in [0.5, 0.6) is 0 Å². The number of urea groups is 1. The second-order valence-corrected chi connectivity index (χ2v) is 8.24. The number of nitrogens with zero attached hydrogens (tertiary/aromatic N) is 1. The molecule has 2 unspecified atom stereocenters. The first-order valence-corrected chi connectivity index (χ1v) is 10.5. The van der Waals surface area contributed by atoms with E-state index in [0.29, 0.717) is 30.8 Å². The van der Waals surface area contributed by atoms with Crippen molar-refractivity contribution in [2.75, 3.05) is 19.6 Å². The Labute approximate surface area is 152 Å². The van der Waals surface area contributed by atoms with E-state index >= 15 is 0 Å². The number of piperidine rings is 1. The SMILES string of the molecule is O=C(CCNC(=O)N1CCCC2CCCCC21)NCC1CCCCC1. The van der Waals surface area contributed by atoms with Gasteiger partial charge in [-0.3, -0.25) is 4.79 Å². The predicted octanol–water partition coefficient (Wildman–Crippen LogP) is 3.44. The second-order valence-electron chi connectivity index (χ2n) is 8.24. The van der Waals surface area contributed by atoms with Gasteiger partial charge in [0.1, 0.15) is 0 Å². The number of rotatable bonds is 5. The van der Waals surface area contributed by atoms with Crippen LogP contribution in [-0.4, -0.2) is 42.5 Å². The minimum atomic E-state index is 0.0386. The number of amides is 3. The van der Waals surface area contributed by atoms with Crippen LogP contribution in [0.3, 0.4) is 0 Å². The van der Waals surface area contributed by atoms with Crippen molar-refractivity contribution >= 4 is 11.9 Å². The average Bonchev–Trinajstić information content (AvgIpc) is 2.66. The number of carbonyl (C=O) groups is 2. The van der Waals surface area contributed by atoms with Crippen LogP contribution in [0.1, 0.15) is 77.0 Å². The van der Waals surface area contributed by atoms with Gasteiger partial charge < -0.3 is 15.5 Å². The lowest BCUT2D eigenvalue weighted by atomic mass is 9.78. The Hall–Kier alpha value is -1.26. The van der Waals surface area contributed by atoms with E-state index < -0.39 is 0 Å². The summed E-state index contributed by atoms with van der Waals surface area (Å²) >= 11 is 0. The van der Waals surface area contributed by atoms with Crippen molar-refractivity contribution in [3.8, 4) is 0 Å². The highest BCUT2D eigenvalue weighted by Crippen LogP contribution is 2.35. The summed E-state index contributed by atoms with van der Waals surface area (Å²) in [4.78, 5) is 26.6. The van der Waals surface area contributed by atoms with Crippen LogP contribution in [0, 0.1) is 11.8 Å². The fourth-order valence-corrected chi connectivity index (χ4v) is 5.00. The zero-order chi connectivity index (χ0) is 17.5. The molecule has 142 valence electrons. The lowest BCUT2D eigenvalue weighted by molar-refractivity contribution is -0.121. The van der Waals surface area contributed by atoms with Gasteiger partial charge in [0.15, 0.2) is 0 Å². The number of hydrogen-bond acceptors (Lipinski definition) is 2. The molecule has 3 rings (SSSR count). The Morgan fingerprint density at radius 3 is 2.40 bits per heavy atom. The Morgan fingerprint density at radius 1 is 0.840 bits per heavy atom. The highest BCUT2D eigenvalue weighted by molar-refractivity contribution is 5.78. The van der Waals surface area contributed by atoms with Gasteiger partial charge in [-0.25, -0.2) is 4.79 Å². The summed E-state index contributed by atoms with van der Waals surface area (Å²) in [6, 6.07) is 0.472. The van der Waals surface area contributed by atoms with E-state index in [4.69, 9.17) is 0 Å². The molecule has 3 amide bonds.